The second-order valence-electron chi connectivity index (χ2n) is 5.47. The Bertz CT molecular complexity index is 415. The zero-order valence-corrected chi connectivity index (χ0v) is 10.8. The number of rotatable bonds is 1. The average Bonchev–Trinajstić information content (AvgIpc) is 2.91. The van der Waals surface area contributed by atoms with Crippen molar-refractivity contribution in [3.05, 3.63) is 24.2 Å². The smallest absolute Gasteiger partial charge is 0.289 e. The number of hydrogen-bond donors (Lipinski definition) is 0. The van der Waals surface area contributed by atoms with Gasteiger partial charge in [-0.25, -0.2) is 0 Å². The summed E-state index contributed by atoms with van der Waals surface area (Å²) in [4.78, 5) is 16.7. The third-order valence-corrected chi connectivity index (χ3v) is 4.36. The molecule has 2 saturated heterocycles. The first-order valence-corrected chi connectivity index (χ1v) is 6.79. The van der Waals surface area contributed by atoms with Gasteiger partial charge in [0.1, 0.15) is 0 Å². The van der Waals surface area contributed by atoms with E-state index >= 15 is 0 Å². The number of carbonyl (C=O) groups is 1. The Morgan fingerprint density at radius 2 is 2.28 bits per heavy atom. The Kier molecular flexibility index (Phi) is 3.12. The van der Waals surface area contributed by atoms with E-state index in [1.807, 2.05) is 4.90 Å². The van der Waals surface area contributed by atoms with Crippen molar-refractivity contribution >= 4 is 5.91 Å². The minimum absolute atomic E-state index is 0.0478. The molecule has 0 N–H and O–H groups in total. The van der Waals surface area contributed by atoms with Gasteiger partial charge in [0.2, 0.25) is 0 Å². The summed E-state index contributed by atoms with van der Waals surface area (Å²) in [6.07, 6.45) is 5.15. The Balaban J connectivity index is 1.69. The van der Waals surface area contributed by atoms with E-state index in [1.165, 1.54) is 19.4 Å². The Hall–Kier alpha value is -1.29. The van der Waals surface area contributed by atoms with Crippen LogP contribution in [0, 0.1) is 5.92 Å². The predicted molar refractivity (Wildman–Crippen MR) is 68.4 cm³/mol. The van der Waals surface area contributed by atoms with Gasteiger partial charge >= 0.3 is 0 Å². The van der Waals surface area contributed by atoms with Crippen molar-refractivity contribution in [2.45, 2.75) is 25.3 Å². The SMILES string of the molecule is CN1CCCC2CN(C(=O)c3ccco3)CCC21. The number of hydrogen-bond acceptors (Lipinski definition) is 3. The van der Waals surface area contributed by atoms with E-state index in [9.17, 15) is 4.79 Å². The highest BCUT2D eigenvalue weighted by Gasteiger charge is 2.36. The number of amides is 1. The van der Waals surface area contributed by atoms with Crippen LogP contribution in [0.15, 0.2) is 22.8 Å². The van der Waals surface area contributed by atoms with Crippen LogP contribution >= 0.6 is 0 Å². The molecule has 4 nitrogen and oxygen atoms in total. The number of likely N-dealkylation sites (tertiary alicyclic amines) is 2. The summed E-state index contributed by atoms with van der Waals surface area (Å²) < 4.78 is 5.20. The molecule has 0 aromatic carbocycles. The summed E-state index contributed by atoms with van der Waals surface area (Å²) in [6.45, 7) is 2.94. The molecule has 2 aliphatic rings. The van der Waals surface area contributed by atoms with Crippen LogP contribution < -0.4 is 0 Å². The second kappa shape index (κ2) is 4.76. The summed E-state index contributed by atoms with van der Waals surface area (Å²) in [5, 5.41) is 0. The average molecular weight is 248 g/mol. The molecule has 0 spiro atoms. The third kappa shape index (κ3) is 2.05. The van der Waals surface area contributed by atoms with Crippen molar-refractivity contribution in [1.29, 1.82) is 0 Å². The molecule has 4 heteroatoms. The molecule has 2 atom stereocenters. The molecule has 1 aromatic rings. The molecular weight excluding hydrogens is 228 g/mol. The quantitative estimate of drug-likeness (QED) is 0.761. The molecule has 0 aliphatic carbocycles. The van der Waals surface area contributed by atoms with Crippen molar-refractivity contribution in [2.24, 2.45) is 5.92 Å². The Labute approximate surface area is 108 Å². The van der Waals surface area contributed by atoms with Crippen molar-refractivity contribution in [2.75, 3.05) is 26.7 Å². The van der Waals surface area contributed by atoms with E-state index in [4.69, 9.17) is 4.42 Å². The fraction of sp³-hybridized carbons (Fsp3) is 0.643. The molecule has 1 amide bonds. The molecular formula is C14H20N2O2. The molecule has 1 aromatic heterocycles. The molecule has 3 rings (SSSR count). The standard InChI is InChI=1S/C14H20N2O2/c1-15-7-2-4-11-10-16(8-6-12(11)15)14(17)13-5-3-9-18-13/h3,5,9,11-12H,2,4,6-8,10H2,1H3. The molecule has 2 unspecified atom stereocenters. The van der Waals surface area contributed by atoms with Crippen LogP contribution in [0.25, 0.3) is 0 Å². The molecule has 2 aliphatic heterocycles. The maximum Gasteiger partial charge on any atom is 0.289 e. The van der Waals surface area contributed by atoms with Gasteiger partial charge in [-0.3, -0.25) is 4.79 Å². The second-order valence-corrected chi connectivity index (χ2v) is 5.47. The first-order chi connectivity index (χ1) is 8.75. The van der Waals surface area contributed by atoms with E-state index < -0.39 is 0 Å². The molecule has 2 fully saturated rings. The van der Waals surface area contributed by atoms with E-state index in [-0.39, 0.29) is 5.91 Å². The molecule has 18 heavy (non-hydrogen) atoms. The van der Waals surface area contributed by atoms with Crippen LogP contribution in [0.4, 0.5) is 0 Å². The first-order valence-electron chi connectivity index (χ1n) is 6.79. The fourth-order valence-electron chi connectivity index (χ4n) is 3.39. The molecule has 0 radical (unpaired) electrons. The largest absolute Gasteiger partial charge is 0.459 e. The van der Waals surface area contributed by atoms with E-state index in [0.29, 0.717) is 17.7 Å². The zero-order valence-electron chi connectivity index (χ0n) is 10.8. The first kappa shape index (κ1) is 11.8. The summed E-state index contributed by atoms with van der Waals surface area (Å²) in [5.74, 6) is 1.15. The fourth-order valence-corrected chi connectivity index (χ4v) is 3.39. The van der Waals surface area contributed by atoms with Crippen LogP contribution in [0.2, 0.25) is 0 Å². The topological polar surface area (TPSA) is 36.7 Å². The highest BCUT2D eigenvalue weighted by Crippen LogP contribution is 2.30. The minimum atomic E-state index is 0.0478. The molecule has 98 valence electrons. The van der Waals surface area contributed by atoms with E-state index in [1.54, 1.807) is 18.4 Å². The third-order valence-electron chi connectivity index (χ3n) is 4.36. The van der Waals surface area contributed by atoms with Gasteiger partial charge in [0.25, 0.3) is 5.91 Å². The number of nitrogens with zero attached hydrogens (tertiary/aromatic N) is 2. The van der Waals surface area contributed by atoms with Crippen LogP contribution in [0.3, 0.4) is 0 Å². The van der Waals surface area contributed by atoms with Gasteiger partial charge in [0.05, 0.1) is 6.26 Å². The van der Waals surface area contributed by atoms with Crippen molar-refractivity contribution in [3.8, 4) is 0 Å². The lowest BCUT2D eigenvalue weighted by Crippen LogP contribution is -2.53. The van der Waals surface area contributed by atoms with Gasteiger partial charge in [0.15, 0.2) is 5.76 Å². The Morgan fingerprint density at radius 3 is 3.06 bits per heavy atom. The lowest BCUT2D eigenvalue weighted by atomic mass is 9.84. The normalized spacial score (nSPS) is 29.1. The van der Waals surface area contributed by atoms with Crippen molar-refractivity contribution in [1.82, 2.24) is 9.80 Å². The maximum absolute atomic E-state index is 12.2. The maximum atomic E-state index is 12.2. The monoisotopic (exact) mass is 248 g/mol. The van der Waals surface area contributed by atoms with Gasteiger partial charge in [-0.1, -0.05) is 0 Å². The van der Waals surface area contributed by atoms with Crippen LogP contribution in [-0.2, 0) is 0 Å². The Morgan fingerprint density at radius 1 is 1.39 bits per heavy atom. The number of fused-ring (bicyclic) bond motifs is 1. The minimum Gasteiger partial charge on any atom is -0.459 e. The van der Waals surface area contributed by atoms with Crippen molar-refractivity contribution < 1.29 is 9.21 Å². The number of piperidine rings is 2. The highest BCUT2D eigenvalue weighted by molar-refractivity contribution is 5.91. The summed E-state index contributed by atoms with van der Waals surface area (Å²) >= 11 is 0. The summed E-state index contributed by atoms with van der Waals surface area (Å²) in [6, 6.07) is 4.19. The predicted octanol–water partition coefficient (Wildman–Crippen LogP) is 1.84. The van der Waals surface area contributed by atoms with Gasteiger partial charge in [-0.15, -0.1) is 0 Å². The summed E-state index contributed by atoms with van der Waals surface area (Å²) in [5.41, 5.74) is 0. The zero-order chi connectivity index (χ0) is 12.5. The number of carbonyl (C=O) groups excluding carboxylic acids is 1. The lowest BCUT2D eigenvalue weighted by Gasteiger charge is -2.45. The lowest BCUT2D eigenvalue weighted by molar-refractivity contribution is 0.0298. The van der Waals surface area contributed by atoms with Crippen LogP contribution in [-0.4, -0.2) is 48.4 Å². The number of furan rings is 1. The van der Waals surface area contributed by atoms with Gasteiger partial charge in [-0.05, 0) is 50.9 Å². The van der Waals surface area contributed by atoms with Crippen LogP contribution in [0.1, 0.15) is 29.8 Å². The van der Waals surface area contributed by atoms with Gasteiger partial charge in [0, 0.05) is 19.1 Å². The highest BCUT2D eigenvalue weighted by atomic mass is 16.3. The summed E-state index contributed by atoms with van der Waals surface area (Å²) in [7, 11) is 2.21. The van der Waals surface area contributed by atoms with Crippen molar-refractivity contribution in [3.63, 3.8) is 0 Å². The van der Waals surface area contributed by atoms with Gasteiger partial charge in [-0.2, -0.15) is 0 Å². The molecule has 0 saturated carbocycles. The van der Waals surface area contributed by atoms with E-state index in [0.717, 1.165) is 19.5 Å². The van der Waals surface area contributed by atoms with Gasteiger partial charge < -0.3 is 14.2 Å². The molecule has 3 heterocycles. The van der Waals surface area contributed by atoms with Crippen LogP contribution in [0.5, 0.6) is 0 Å². The van der Waals surface area contributed by atoms with E-state index in [2.05, 4.69) is 11.9 Å². The molecule has 0 bridgehead atoms.